The molecule has 1 aliphatic heterocycles. The first-order valence-electron chi connectivity index (χ1n) is 13.0. The summed E-state index contributed by atoms with van der Waals surface area (Å²) in [5.41, 5.74) is 2.31. The number of ketones is 1. The van der Waals surface area contributed by atoms with Crippen LogP contribution in [-0.2, 0) is 9.59 Å². The fourth-order valence-corrected chi connectivity index (χ4v) is 4.96. The van der Waals surface area contributed by atoms with Crippen LogP contribution in [-0.4, -0.2) is 41.6 Å². The number of hydrogen-bond donors (Lipinski definition) is 2. The first-order valence-corrected chi connectivity index (χ1v) is 13.0. The lowest BCUT2D eigenvalue weighted by Crippen LogP contribution is -2.29. The maximum absolute atomic E-state index is 13.6. The zero-order chi connectivity index (χ0) is 27.5. The molecule has 1 aromatic heterocycles. The number of Topliss-reactive ketones (excluding diaryl/α,β-unsaturated/α-hetero) is 1. The molecule has 8 heteroatoms. The minimum absolute atomic E-state index is 0.0243. The summed E-state index contributed by atoms with van der Waals surface area (Å²) < 4.78 is 17.0. The monoisotopic (exact) mass is 526 g/mol. The van der Waals surface area contributed by atoms with Gasteiger partial charge in [-0.3, -0.25) is 14.5 Å². The summed E-state index contributed by atoms with van der Waals surface area (Å²) in [7, 11) is 0. The molecule has 2 heterocycles. The molecule has 1 fully saturated rings. The van der Waals surface area contributed by atoms with Crippen molar-refractivity contribution in [3.05, 3.63) is 89.6 Å². The number of carbonyl (C=O) groups is 2. The first kappa shape index (κ1) is 25.9. The summed E-state index contributed by atoms with van der Waals surface area (Å²) in [6.45, 7) is 6.89. The van der Waals surface area contributed by atoms with Crippen molar-refractivity contribution in [2.45, 2.75) is 26.8 Å². The van der Waals surface area contributed by atoms with E-state index >= 15 is 0 Å². The summed E-state index contributed by atoms with van der Waals surface area (Å²) in [6, 6.07) is 18.7. The van der Waals surface area contributed by atoms with Crippen molar-refractivity contribution in [1.29, 1.82) is 0 Å². The topological polar surface area (TPSA) is 101 Å². The predicted molar refractivity (Wildman–Crippen MR) is 149 cm³/mol. The van der Waals surface area contributed by atoms with Crippen molar-refractivity contribution >= 4 is 34.0 Å². The van der Waals surface area contributed by atoms with Gasteiger partial charge >= 0.3 is 0 Å². The zero-order valence-electron chi connectivity index (χ0n) is 22.1. The fraction of sp³-hybridized carbons (Fsp3) is 0.226. The highest BCUT2D eigenvalue weighted by molar-refractivity contribution is 6.52. The number of aliphatic hydroxyl groups excluding tert-OH is 1. The molecule has 0 saturated carbocycles. The molecule has 2 N–H and O–H groups in total. The van der Waals surface area contributed by atoms with E-state index in [0.717, 1.165) is 10.9 Å². The summed E-state index contributed by atoms with van der Waals surface area (Å²) >= 11 is 0. The molecule has 0 aliphatic carbocycles. The number of aliphatic hydroxyl groups is 1. The van der Waals surface area contributed by atoms with E-state index in [1.54, 1.807) is 48.7 Å². The molecular formula is C31H30N2O6. The number of H-pyrrole nitrogens is 1. The van der Waals surface area contributed by atoms with E-state index < -0.39 is 17.7 Å². The van der Waals surface area contributed by atoms with E-state index in [1.165, 1.54) is 4.90 Å². The number of amides is 1. The summed E-state index contributed by atoms with van der Waals surface area (Å²) in [6.07, 6.45) is 1.78. The van der Waals surface area contributed by atoms with Gasteiger partial charge in [0.1, 0.15) is 23.0 Å². The van der Waals surface area contributed by atoms with Gasteiger partial charge in [0, 0.05) is 34.4 Å². The van der Waals surface area contributed by atoms with Crippen molar-refractivity contribution in [3.63, 3.8) is 0 Å². The lowest BCUT2D eigenvalue weighted by molar-refractivity contribution is -0.132. The van der Waals surface area contributed by atoms with Gasteiger partial charge in [0.05, 0.1) is 37.0 Å². The number of para-hydroxylation sites is 1. The van der Waals surface area contributed by atoms with Gasteiger partial charge in [0.25, 0.3) is 11.7 Å². The van der Waals surface area contributed by atoms with Gasteiger partial charge < -0.3 is 24.3 Å². The quantitative estimate of drug-likeness (QED) is 0.158. The number of benzene rings is 3. The molecule has 3 aromatic carbocycles. The number of carbonyl (C=O) groups excluding carboxylic acids is 2. The Morgan fingerprint density at radius 3 is 2.26 bits per heavy atom. The largest absolute Gasteiger partial charge is 0.507 e. The molecule has 5 rings (SSSR count). The second-order valence-electron chi connectivity index (χ2n) is 8.91. The number of anilines is 1. The second kappa shape index (κ2) is 10.9. The van der Waals surface area contributed by atoms with Crippen LogP contribution in [0.1, 0.15) is 37.9 Å². The van der Waals surface area contributed by atoms with Gasteiger partial charge in [0.15, 0.2) is 0 Å². The van der Waals surface area contributed by atoms with Gasteiger partial charge in [-0.05, 0) is 63.2 Å². The number of nitrogens with zero attached hydrogens (tertiary/aromatic N) is 1. The van der Waals surface area contributed by atoms with Gasteiger partial charge in [-0.25, -0.2) is 0 Å². The Morgan fingerprint density at radius 2 is 1.54 bits per heavy atom. The molecule has 1 saturated heterocycles. The van der Waals surface area contributed by atoms with E-state index in [0.29, 0.717) is 53.9 Å². The average Bonchev–Trinajstić information content (AvgIpc) is 3.48. The molecule has 0 spiro atoms. The third kappa shape index (κ3) is 4.69. The number of rotatable bonds is 9. The van der Waals surface area contributed by atoms with Crippen molar-refractivity contribution in [1.82, 2.24) is 4.98 Å². The summed E-state index contributed by atoms with van der Waals surface area (Å²) in [5.74, 6) is -0.264. The molecule has 1 atom stereocenters. The van der Waals surface area contributed by atoms with Gasteiger partial charge in [0.2, 0.25) is 0 Å². The Balaban J connectivity index is 1.72. The third-order valence-corrected chi connectivity index (χ3v) is 6.61. The second-order valence-corrected chi connectivity index (χ2v) is 8.91. The van der Waals surface area contributed by atoms with E-state index in [-0.39, 0.29) is 11.3 Å². The van der Waals surface area contributed by atoms with Crippen LogP contribution in [0.15, 0.2) is 78.5 Å². The third-order valence-electron chi connectivity index (χ3n) is 6.61. The molecular weight excluding hydrogens is 496 g/mol. The first-order chi connectivity index (χ1) is 19.0. The normalized spacial score (nSPS) is 16.6. The minimum atomic E-state index is -0.889. The van der Waals surface area contributed by atoms with Crippen LogP contribution in [0.4, 0.5) is 5.69 Å². The Bertz CT molecular complexity index is 1550. The highest BCUT2D eigenvalue weighted by Crippen LogP contribution is 2.45. The number of hydrogen-bond acceptors (Lipinski definition) is 6. The Labute approximate surface area is 226 Å². The lowest BCUT2D eigenvalue weighted by Gasteiger charge is -2.25. The minimum Gasteiger partial charge on any atom is -0.507 e. The number of aromatic amines is 1. The molecule has 1 unspecified atom stereocenters. The van der Waals surface area contributed by atoms with E-state index in [2.05, 4.69) is 4.98 Å². The fourth-order valence-electron chi connectivity index (χ4n) is 4.96. The van der Waals surface area contributed by atoms with Crippen molar-refractivity contribution in [2.75, 3.05) is 24.7 Å². The number of nitrogens with one attached hydrogen (secondary N) is 1. The Hall–Kier alpha value is -4.72. The van der Waals surface area contributed by atoms with Gasteiger partial charge in [-0.15, -0.1) is 0 Å². The number of ether oxygens (including phenoxy) is 3. The maximum Gasteiger partial charge on any atom is 0.300 e. The predicted octanol–water partition coefficient (Wildman–Crippen LogP) is 5.99. The molecule has 1 amide bonds. The molecule has 4 aromatic rings. The molecule has 200 valence electrons. The van der Waals surface area contributed by atoms with E-state index in [9.17, 15) is 14.7 Å². The van der Waals surface area contributed by atoms with Crippen molar-refractivity contribution in [3.8, 4) is 17.2 Å². The maximum atomic E-state index is 13.6. The molecule has 0 bridgehead atoms. The summed E-state index contributed by atoms with van der Waals surface area (Å²) in [4.78, 5) is 31.9. The van der Waals surface area contributed by atoms with Crippen LogP contribution in [0.5, 0.6) is 17.2 Å². The van der Waals surface area contributed by atoms with E-state index in [1.807, 2.05) is 45.0 Å². The number of aromatic nitrogens is 1. The average molecular weight is 527 g/mol. The molecule has 8 nitrogen and oxygen atoms in total. The van der Waals surface area contributed by atoms with Crippen LogP contribution in [0.3, 0.4) is 0 Å². The molecule has 1 aliphatic rings. The summed E-state index contributed by atoms with van der Waals surface area (Å²) in [5, 5.41) is 12.5. The number of fused-ring (bicyclic) bond motifs is 1. The van der Waals surface area contributed by atoms with Crippen LogP contribution >= 0.6 is 0 Å². The lowest BCUT2D eigenvalue weighted by atomic mass is 9.94. The SMILES string of the molecule is CCOc1ccc(N2C(=O)C(=O)/C(=C(/O)c3ccc(OCC)cc3OCC)C2c2c[nH]c3ccccc23)cc1. The highest BCUT2D eigenvalue weighted by Gasteiger charge is 2.48. The van der Waals surface area contributed by atoms with Crippen LogP contribution < -0.4 is 19.1 Å². The zero-order valence-corrected chi connectivity index (χ0v) is 22.1. The highest BCUT2D eigenvalue weighted by atomic mass is 16.5. The van der Waals surface area contributed by atoms with Crippen molar-refractivity contribution in [2.24, 2.45) is 0 Å². The van der Waals surface area contributed by atoms with Crippen LogP contribution in [0.25, 0.3) is 16.7 Å². The van der Waals surface area contributed by atoms with E-state index in [4.69, 9.17) is 14.2 Å². The van der Waals surface area contributed by atoms with Crippen LogP contribution in [0.2, 0.25) is 0 Å². The molecule has 0 radical (unpaired) electrons. The molecule has 39 heavy (non-hydrogen) atoms. The smallest absolute Gasteiger partial charge is 0.300 e. The standard InChI is InChI=1S/C31H30N2O6/c1-4-37-20-13-11-19(12-14-20)33-28(24-18-32-25-10-8-7-9-22(24)25)27(30(35)31(33)36)29(34)23-16-15-21(38-5-2)17-26(23)39-6-3/h7-18,28,32,34H,4-6H2,1-3H3/b29-27+. The Morgan fingerprint density at radius 1 is 0.872 bits per heavy atom. The Kier molecular flexibility index (Phi) is 7.27. The van der Waals surface area contributed by atoms with Crippen molar-refractivity contribution < 1.29 is 28.9 Å². The van der Waals surface area contributed by atoms with Gasteiger partial charge in [-0.1, -0.05) is 18.2 Å². The van der Waals surface area contributed by atoms with Gasteiger partial charge in [-0.2, -0.15) is 0 Å². The van der Waals surface area contributed by atoms with Crippen LogP contribution in [0, 0.1) is 0 Å².